The molecule has 0 spiro atoms. The Kier molecular flexibility index (Phi) is 15.5. The summed E-state index contributed by atoms with van der Waals surface area (Å²) in [5, 5.41) is 9.05. The van der Waals surface area contributed by atoms with Crippen LogP contribution in [0.5, 0.6) is 0 Å². The molecule has 1 aliphatic heterocycles. The van der Waals surface area contributed by atoms with Gasteiger partial charge in [-0.1, -0.05) is 68.8 Å². The highest BCUT2D eigenvalue weighted by Gasteiger charge is 2.22. The lowest BCUT2D eigenvalue weighted by Gasteiger charge is -2.18. The van der Waals surface area contributed by atoms with E-state index in [1.54, 1.807) is 17.7 Å². The number of unbranched alkanes of at least 4 members (excludes halogenated alkanes) is 1. The smallest absolute Gasteiger partial charge is 0.0991 e. The van der Waals surface area contributed by atoms with Crippen LogP contribution in [0.25, 0.3) is 16.0 Å². The first-order valence-corrected chi connectivity index (χ1v) is 18.3. The molecule has 0 amide bonds. The minimum absolute atomic E-state index is 0.442. The summed E-state index contributed by atoms with van der Waals surface area (Å²) in [6.45, 7) is 14.5. The van der Waals surface area contributed by atoms with Gasteiger partial charge < -0.3 is 10.5 Å². The third-order valence-electron chi connectivity index (χ3n) is 8.07. The molecular weight excluding hydrogens is 605 g/mol. The summed E-state index contributed by atoms with van der Waals surface area (Å²) in [5.74, 6) is 2.12. The number of aryl methyl sites for hydroxylation is 1. The minimum Gasteiger partial charge on any atom is -0.398 e. The maximum Gasteiger partial charge on any atom is 0.0991 e. The van der Waals surface area contributed by atoms with Gasteiger partial charge in [-0.25, -0.2) is 0 Å². The zero-order valence-electron chi connectivity index (χ0n) is 28.6. The molecule has 1 aliphatic rings. The highest BCUT2D eigenvalue weighted by molar-refractivity contribution is 7.98. The van der Waals surface area contributed by atoms with Crippen LogP contribution in [-0.2, 0) is 10.5 Å². The lowest BCUT2D eigenvalue weighted by Crippen LogP contribution is -2.11. The Labute approximate surface area is 285 Å². The average Bonchev–Trinajstić information content (AvgIpc) is 3.67. The maximum absolute atomic E-state index is 9.05. The van der Waals surface area contributed by atoms with E-state index in [1.807, 2.05) is 49.9 Å². The van der Waals surface area contributed by atoms with Crippen LogP contribution >= 0.6 is 23.3 Å². The zero-order valence-corrected chi connectivity index (χ0v) is 30.2. The van der Waals surface area contributed by atoms with Gasteiger partial charge in [-0.15, -0.1) is 0 Å². The highest BCUT2D eigenvalue weighted by Crippen LogP contribution is 2.34. The zero-order chi connectivity index (χ0) is 33.5. The molecule has 2 aromatic carbocycles. The second-order valence-electron chi connectivity index (χ2n) is 11.6. The van der Waals surface area contributed by atoms with Crippen LogP contribution < -0.4 is 5.73 Å². The normalized spacial score (nSPS) is 17.7. The number of benzene rings is 2. The molecule has 46 heavy (non-hydrogen) atoms. The predicted octanol–water partition coefficient (Wildman–Crippen LogP) is 10.7. The molecular formula is C39H50N4OS2. The fourth-order valence-electron chi connectivity index (χ4n) is 5.25. The molecule has 2 N–H and O–H groups in total. The van der Waals surface area contributed by atoms with E-state index in [0.717, 1.165) is 64.4 Å². The quantitative estimate of drug-likeness (QED) is 0.155. The van der Waals surface area contributed by atoms with E-state index in [-0.39, 0.29) is 0 Å². The Bertz CT molecular complexity index is 1560. The molecule has 1 aromatic heterocycles. The van der Waals surface area contributed by atoms with E-state index in [9.17, 15) is 0 Å². The number of nitrogens with two attached hydrogens (primary N) is 1. The first-order chi connectivity index (χ1) is 22.2. The summed E-state index contributed by atoms with van der Waals surface area (Å²) in [5.41, 5.74) is 17.0. The van der Waals surface area contributed by atoms with Gasteiger partial charge in [0.25, 0.3) is 0 Å². The fraction of sp³-hybridized carbons (Fsp3) is 0.410. The molecule has 0 aliphatic carbocycles. The number of rotatable bonds is 12. The van der Waals surface area contributed by atoms with Crippen LogP contribution in [0.2, 0.25) is 0 Å². The van der Waals surface area contributed by atoms with E-state index < -0.39 is 0 Å². The number of allylic oxidation sites excluding steroid dienone is 4. The molecule has 0 bridgehead atoms. The average molecular weight is 655 g/mol. The van der Waals surface area contributed by atoms with Gasteiger partial charge in [-0.05, 0) is 106 Å². The van der Waals surface area contributed by atoms with Crippen LogP contribution in [0.3, 0.4) is 0 Å². The van der Waals surface area contributed by atoms with Crippen LogP contribution in [0.4, 0.5) is 0 Å². The molecule has 1 saturated heterocycles. The molecule has 2 heterocycles. The summed E-state index contributed by atoms with van der Waals surface area (Å²) in [6.07, 6.45) is 10.2. The van der Waals surface area contributed by atoms with E-state index in [1.165, 1.54) is 34.5 Å². The number of aromatic nitrogens is 1. The molecule has 2 unspecified atom stereocenters. The van der Waals surface area contributed by atoms with Crippen molar-refractivity contribution in [1.82, 2.24) is 4.37 Å². The Morgan fingerprint density at radius 2 is 1.85 bits per heavy atom. The first kappa shape index (κ1) is 37.0. The minimum atomic E-state index is 0.442. The van der Waals surface area contributed by atoms with Gasteiger partial charge in [0.2, 0.25) is 0 Å². The van der Waals surface area contributed by atoms with Crippen LogP contribution in [-0.4, -0.2) is 28.5 Å². The highest BCUT2D eigenvalue weighted by atomic mass is 32.2. The van der Waals surface area contributed by atoms with E-state index in [4.69, 9.17) is 15.7 Å². The van der Waals surface area contributed by atoms with Crippen LogP contribution in [0.15, 0.2) is 88.2 Å². The Hall–Kier alpha value is -3.44. The second kappa shape index (κ2) is 19.3. The molecule has 5 nitrogen and oxygen atoms in total. The van der Waals surface area contributed by atoms with Gasteiger partial charge in [-0.3, -0.25) is 4.99 Å². The van der Waals surface area contributed by atoms with Crippen molar-refractivity contribution in [3.8, 4) is 16.5 Å². The molecule has 1 fully saturated rings. The number of aliphatic imine (C=N–C) groups is 1. The Balaban J connectivity index is 0.000000253. The van der Waals surface area contributed by atoms with Crippen molar-refractivity contribution in [2.24, 2.45) is 10.7 Å². The number of nitrogens with zero attached hydrogens (tertiary/aromatic N) is 3. The third-order valence-corrected chi connectivity index (χ3v) is 10.2. The van der Waals surface area contributed by atoms with E-state index in [2.05, 4.69) is 86.5 Å². The van der Waals surface area contributed by atoms with Gasteiger partial charge in [0.05, 0.1) is 34.4 Å². The van der Waals surface area contributed by atoms with Crippen molar-refractivity contribution in [3.63, 3.8) is 0 Å². The Morgan fingerprint density at radius 1 is 1.13 bits per heavy atom. The Morgan fingerprint density at radius 3 is 2.43 bits per heavy atom. The van der Waals surface area contributed by atoms with Gasteiger partial charge in [-0.2, -0.15) is 21.4 Å². The largest absolute Gasteiger partial charge is 0.398 e. The summed E-state index contributed by atoms with van der Waals surface area (Å²) in [7, 11) is 0. The lowest BCUT2D eigenvalue weighted by molar-refractivity contribution is 0.0700. The molecule has 4 rings (SSSR count). The summed E-state index contributed by atoms with van der Waals surface area (Å²) < 4.78 is 10.4. The molecule has 0 saturated carbocycles. The summed E-state index contributed by atoms with van der Waals surface area (Å²) in [4.78, 5) is 5.82. The molecule has 2 atom stereocenters. The van der Waals surface area contributed by atoms with Crippen LogP contribution in [0.1, 0.15) is 96.0 Å². The number of hydrogen-bond donors (Lipinski definition) is 1. The van der Waals surface area contributed by atoms with E-state index in [0.29, 0.717) is 17.8 Å². The number of ether oxygens (including phenoxy) is 1. The topological polar surface area (TPSA) is 84.3 Å². The van der Waals surface area contributed by atoms with Crippen molar-refractivity contribution >= 4 is 35.1 Å². The van der Waals surface area contributed by atoms with Gasteiger partial charge in [0.15, 0.2) is 0 Å². The predicted molar refractivity (Wildman–Crippen MR) is 200 cm³/mol. The second-order valence-corrected chi connectivity index (χ2v) is 13.4. The molecule has 244 valence electrons. The van der Waals surface area contributed by atoms with Gasteiger partial charge in [0, 0.05) is 40.3 Å². The SMILES string of the molecule is CC=N/C(C)=C(C(=C\CCC)/c1ccc(C#N)cc1)\C(N)=C(/C)CC.Cc1nsc(-c2ccccc2)c1CSCC1CCC(C)O1. The summed E-state index contributed by atoms with van der Waals surface area (Å²) in [6, 6.07) is 20.4. The van der Waals surface area contributed by atoms with Crippen LogP contribution in [0, 0.1) is 18.3 Å². The lowest BCUT2D eigenvalue weighted by atomic mass is 9.90. The maximum atomic E-state index is 9.05. The van der Waals surface area contributed by atoms with Gasteiger partial charge >= 0.3 is 0 Å². The fourth-order valence-corrected chi connectivity index (χ4v) is 7.43. The summed E-state index contributed by atoms with van der Waals surface area (Å²) >= 11 is 3.59. The van der Waals surface area contributed by atoms with Crippen molar-refractivity contribution in [3.05, 3.63) is 106 Å². The van der Waals surface area contributed by atoms with E-state index >= 15 is 0 Å². The molecule has 7 heteroatoms. The standard InChI is InChI=1S/C22H29N3.C17H21NOS2/c1-6-9-10-20(19-13-11-18(15-23)12-14-19)21(17(5)25-8-3)22(24)16(4)7-2;1-12-8-9-15(19-12)10-20-11-16-13(2)18-21-17(16)14-6-4-3-5-7-14/h8,10-14H,6-7,9,24H2,1-5H3;3-7,12,15H,8-11H2,1-2H3/b20-10-,21-17-,22-16-,25-8?;. The van der Waals surface area contributed by atoms with Gasteiger partial charge in [0.1, 0.15) is 0 Å². The first-order valence-electron chi connectivity index (χ1n) is 16.3. The third kappa shape index (κ3) is 10.6. The molecule has 0 radical (unpaired) electrons. The molecule has 3 aromatic rings. The van der Waals surface area contributed by atoms with Crippen molar-refractivity contribution in [2.45, 2.75) is 98.5 Å². The number of nitriles is 1. The monoisotopic (exact) mass is 654 g/mol. The number of hydrogen-bond acceptors (Lipinski definition) is 7. The number of thioether (sulfide) groups is 1. The van der Waals surface area contributed by atoms with Crippen molar-refractivity contribution in [1.29, 1.82) is 5.26 Å². The van der Waals surface area contributed by atoms with Crippen molar-refractivity contribution < 1.29 is 4.74 Å². The van der Waals surface area contributed by atoms with Crippen molar-refractivity contribution in [2.75, 3.05) is 5.75 Å².